The Morgan fingerprint density at radius 1 is 0.957 bits per heavy atom. The minimum absolute atomic E-state index is 0.324. The van der Waals surface area contributed by atoms with Gasteiger partial charge >= 0.3 is 0 Å². The summed E-state index contributed by atoms with van der Waals surface area (Å²) in [4.78, 5) is 0. The Kier molecular flexibility index (Phi) is 5.67. The normalized spacial score (nSPS) is 16.4. The number of benzene rings is 2. The van der Waals surface area contributed by atoms with Crippen LogP contribution in [0.25, 0.3) is 11.1 Å². The number of rotatable bonds is 7. The van der Waals surface area contributed by atoms with Crippen LogP contribution in [0, 0.1) is 0 Å². The topological polar surface area (TPSA) is 41.5 Å². The molecule has 3 rings (SSSR count). The third-order valence-corrected chi connectivity index (χ3v) is 4.40. The Hall–Kier alpha value is -1.84. The van der Waals surface area contributed by atoms with Crippen LogP contribution in [0.3, 0.4) is 0 Å². The fourth-order valence-corrected chi connectivity index (χ4v) is 3.06. The highest BCUT2D eigenvalue weighted by Gasteiger charge is 2.15. The summed E-state index contributed by atoms with van der Waals surface area (Å²) in [5, 5.41) is 13.4. The van der Waals surface area contributed by atoms with Gasteiger partial charge in [-0.15, -0.1) is 0 Å². The lowest BCUT2D eigenvalue weighted by atomic mass is 10.1. The van der Waals surface area contributed by atoms with Crippen molar-refractivity contribution in [3.8, 4) is 16.9 Å². The van der Waals surface area contributed by atoms with Crippen LogP contribution in [0.5, 0.6) is 5.75 Å². The summed E-state index contributed by atoms with van der Waals surface area (Å²) in [6.45, 7) is 0.928. The lowest BCUT2D eigenvalue weighted by molar-refractivity contribution is 0.104. The third kappa shape index (κ3) is 4.81. The molecule has 2 aromatic carbocycles. The molecule has 0 saturated heterocycles. The Balaban J connectivity index is 1.44. The minimum Gasteiger partial charge on any atom is -0.491 e. The second-order valence-corrected chi connectivity index (χ2v) is 6.24. The molecule has 0 aromatic heterocycles. The van der Waals surface area contributed by atoms with Crippen molar-refractivity contribution < 1.29 is 9.84 Å². The van der Waals surface area contributed by atoms with Gasteiger partial charge < -0.3 is 15.2 Å². The number of hydrogen-bond donors (Lipinski definition) is 2. The molecule has 0 radical (unpaired) electrons. The predicted octanol–water partition coefficient (Wildman–Crippen LogP) is 3.63. The van der Waals surface area contributed by atoms with Crippen molar-refractivity contribution in [3.05, 3.63) is 54.6 Å². The highest BCUT2D eigenvalue weighted by atomic mass is 16.5. The summed E-state index contributed by atoms with van der Waals surface area (Å²) in [5.74, 6) is 0.796. The Morgan fingerprint density at radius 3 is 2.30 bits per heavy atom. The summed E-state index contributed by atoms with van der Waals surface area (Å²) in [5.41, 5.74) is 2.36. The van der Waals surface area contributed by atoms with Crippen LogP contribution in [-0.2, 0) is 0 Å². The molecule has 1 atom stereocenters. The molecule has 3 heteroatoms. The monoisotopic (exact) mass is 311 g/mol. The van der Waals surface area contributed by atoms with Crippen molar-refractivity contribution in [1.82, 2.24) is 5.32 Å². The van der Waals surface area contributed by atoms with Crippen molar-refractivity contribution in [2.45, 2.75) is 37.8 Å². The van der Waals surface area contributed by atoms with Gasteiger partial charge in [0.1, 0.15) is 18.5 Å². The molecule has 0 amide bonds. The van der Waals surface area contributed by atoms with Crippen LogP contribution in [0.2, 0.25) is 0 Å². The first-order chi connectivity index (χ1) is 11.3. The second kappa shape index (κ2) is 8.14. The largest absolute Gasteiger partial charge is 0.491 e. The number of aliphatic hydroxyl groups is 1. The van der Waals surface area contributed by atoms with Crippen LogP contribution in [-0.4, -0.2) is 30.4 Å². The quantitative estimate of drug-likeness (QED) is 0.820. The summed E-state index contributed by atoms with van der Waals surface area (Å²) >= 11 is 0. The maximum atomic E-state index is 10.0. The zero-order valence-corrected chi connectivity index (χ0v) is 13.4. The van der Waals surface area contributed by atoms with Gasteiger partial charge in [-0.05, 0) is 36.1 Å². The van der Waals surface area contributed by atoms with E-state index in [0.29, 0.717) is 19.2 Å². The molecule has 0 aliphatic heterocycles. The molecule has 1 fully saturated rings. The number of aliphatic hydroxyl groups excluding tert-OH is 1. The molecule has 122 valence electrons. The zero-order valence-electron chi connectivity index (χ0n) is 13.4. The highest BCUT2D eigenvalue weighted by molar-refractivity contribution is 5.63. The second-order valence-electron chi connectivity index (χ2n) is 6.24. The lowest BCUT2D eigenvalue weighted by Crippen LogP contribution is -2.36. The van der Waals surface area contributed by atoms with Crippen molar-refractivity contribution >= 4 is 0 Å². The van der Waals surface area contributed by atoms with E-state index in [1.807, 2.05) is 42.5 Å². The van der Waals surface area contributed by atoms with Gasteiger partial charge in [-0.3, -0.25) is 0 Å². The van der Waals surface area contributed by atoms with E-state index in [9.17, 15) is 5.11 Å². The summed E-state index contributed by atoms with van der Waals surface area (Å²) in [7, 11) is 0. The fraction of sp³-hybridized carbons (Fsp3) is 0.400. The average molecular weight is 311 g/mol. The van der Waals surface area contributed by atoms with Crippen LogP contribution in [0.15, 0.2) is 54.6 Å². The third-order valence-electron chi connectivity index (χ3n) is 4.40. The Bertz CT molecular complexity index is 576. The molecule has 2 N–H and O–H groups in total. The van der Waals surface area contributed by atoms with Crippen molar-refractivity contribution in [2.75, 3.05) is 13.2 Å². The van der Waals surface area contributed by atoms with Gasteiger partial charge in [0.2, 0.25) is 0 Å². The lowest BCUT2D eigenvalue weighted by Gasteiger charge is -2.16. The average Bonchev–Trinajstić information content (AvgIpc) is 3.13. The van der Waals surface area contributed by atoms with Crippen molar-refractivity contribution in [2.24, 2.45) is 0 Å². The van der Waals surface area contributed by atoms with E-state index in [1.54, 1.807) is 0 Å². The summed E-state index contributed by atoms with van der Waals surface area (Å²) < 4.78 is 5.68. The Morgan fingerprint density at radius 2 is 1.61 bits per heavy atom. The first kappa shape index (κ1) is 16.0. The number of nitrogens with one attached hydrogen (secondary N) is 1. The van der Waals surface area contributed by atoms with Crippen LogP contribution in [0.1, 0.15) is 25.7 Å². The van der Waals surface area contributed by atoms with Gasteiger partial charge in [0.05, 0.1) is 0 Å². The van der Waals surface area contributed by atoms with E-state index in [0.717, 1.165) is 5.75 Å². The van der Waals surface area contributed by atoms with E-state index < -0.39 is 6.10 Å². The summed E-state index contributed by atoms with van der Waals surface area (Å²) in [6, 6.07) is 18.9. The van der Waals surface area contributed by atoms with E-state index in [2.05, 4.69) is 17.4 Å². The summed E-state index contributed by atoms with van der Waals surface area (Å²) in [6.07, 6.45) is 4.60. The maximum absolute atomic E-state index is 10.0. The van der Waals surface area contributed by atoms with E-state index in [4.69, 9.17) is 4.74 Å². The minimum atomic E-state index is -0.468. The molecule has 0 heterocycles. The van der Waals surface area contributed by atoms with Gasteiger partial charge in [0.25, 0.3) is 0 Å². The van der Waals surface area contributed by atoms with E-state index in [1.165, 1.54) is 36.8 Å². The molecule has 1 aliphatic rings. The smallest absolute Gasteiger partial charge is 0.119 e. The molecule has 23 heavy (non-hydrogen) atoms. The molecule has 0 bridgehead atoms. The van der Waals surface area contributed by atoms with Crippen LogP contribution < -0.4 is 10.1 Å². The van der Waals surface area contributed by atoms with Gasteiger partial charge in [0, 0.05) is 12.6 Å². The molecular formula is C20H25NO2. The standard InChI is InChI=1S/C20H25NO2/c22-19(14-21-18-8-4-5-9-18)15-23-20-12-10-17(11-13-20)16-6-2-1-3-7-16/h1-3,6-7,10-13,18-19,21-22H,4-5,8-9,14-15H2/t19-/m1/s1. The van der Waals surface area contributed by atoms with Crippen molar-refractivity contribution in [3.63, 3.8) is 0 Å². The number of hydrogen-bond acceptors (Lipinski definition) is 3. The SMILES string of the molecule is O[C@H](CNC1CCCC1)COc1ccc(-c2ccccc2)cc1. The van der Waals surface area contributed by atoms with Crippen LogP contribution in [0.4, 0.5) is 0 Å². The van der Waals surface area contributed by atoms with Gasteiger partial charge in [-0.2, -0.15) is 0 Å². The predicted molar refractivity (Wildman–Crippen MR) is 93.6 cm³/mol. The molecule has 2 aromatic rings. The molecule has 1 saturated carbocycles. The maximum Gasteiger partial charge on any atom is 0.119 e. The van der Waals surface area contributed by atoms with Crippen molar-refractivity contribution in [1.29, 1.82) is 0 Å². The fourth-order valence-electron chi connectivity index (χ4n) is 3.06. The Labute approximate surface area is 138 Å². The van der Waals surface area contributed by atoms with Crippen LogP contribution >= 0.6 is 0 Å². The first-order valence-corrected chi connectivity index (χ1v) is 8.51. The van der Waals surface area contributed by atoms with Gasteiger partial charge in [-0.25, -0.2) is 0 Å². The van der Waals surface area contributed by atoms with Gasteiger partial charge in [-0.1, -0.05) is 55.3 Å². The molecular weight excluding hydrogens is 286 g/mol. The molecule has 0 spiro atoms. The zero-order chi connectivity index (χ0) is 15.9. The number of ether oxygens (including phenoxy) is 1. The molecule has 0 unspecified atom stereocenters. The first-order valence-electron chi connectivity index (χ1n) is 8.51. The molecule has 3 nitrogen and oxygen atoms in total. The van der Waals surface area contributed by atoms with E-state index >= 15 is 0 Å². The molecule has 1 aliphatic carbocycles. The van der Waals surface area contributed by atoms with E-state index in [-0.39, 0.29) is 0 Å². The van der Waals surface area contributed by atoms with Gasteiger partial charge in [0.15, 0.2) is 0 Å². The highest BCUT2D eigenvalue weighted by Crippen LogP contribution is 2.22.